The number of oxazole rings is 2. The van der Waals surface area contributed by atoms with E-state index in [1.54, 1.807) is 0 Å². The Morgan fingerprint density at radius 3 is 1.46 bits per heavy atom. The fraction of sp³-hybridized carbons (Fsp3) is 0.0370. The van der Waals surface area contributed by atoms with E-state index < -0.39 is 0 Å². The van der Waals surface area contributed by atoms with E-state index in [-0.39, 0.29) is 0 Å². The summed E-state index contributed by atoms with van der Waals surface area (Å²) in [5.41, 5.74) is 6.18. The monoisotopic (exact) mass is 534 g/mol. The molecule has 0 spiro atoms. The number of hydrogen-bond acceptors (Lipinski definition) is 6. The van der Waals surface area contributed by atoms with Crippen molar-refractivity contribution in [2.75, 3.05) is 0 Å². The van der Waals surface area contributed by atoms with Crippen LogP contribution in [0, 0.1) is 0 Å². The normalized spacial score (nSPS) is 11.5. The van der Waals surface area contributed by atoms with Crippen LogP contribution in [0.3, 0.4) is 0 Å². The number of halogens is 2. The molecule has 2 aromatic heterocycles. The lowest BCUT2D eigenvalue weighted by molar-refractivity contribution is 0.619. The maximum absolute atomic E-state index is 6.70. The molecular formula is C27H16Cl2N2O2S2. The SMILES string of the molecule is Sc1cc(-c2nc3ccccc3o2)cc(Cl)c1Cc1c(S)cc(-c2nc3ccccc3o2)cc1Cl. The number of benzene rings is 4. The van der Waals surface area contributed by atoms with Gasteiger partial charge in [-0.1, -0.05) is 47.5 Å². The predicted octanol–water partition coefficient (Wildman–Crippen LogP) is 8.78. The Hall–Kier alpha value is -2.90. The number of para-hydroxylation sites is 4. The summed E-state index contributed by atoms with van der Waals surface area (Å²) in [5.74, 6) is 0.983. The first kappa shape index (κ1) is 22.6. The third-order valence-corrected chi connectivity index (χ3v) is 7.25. The fourth-order valence-electron chi connectivity index (χ4n) is 4.01. The van der Waals surface area contributed by atoms with Crippen LogP contribution < -0.4 is 0 Å². The quantitative estimate of drug-likeness (QED) is 0.222. The molecule has 0 saturated heterocycles. The lowest BCUT2D eigenvalue weighted by atomic mass is 10.0. The molecule has 0 saturated carbocycles. The van der Waals surface area contributed by atoms with Crippen LogP contribution in [0.2, 0.25) is 10.0 Å². The van der Waals surface area contributed by atoms with Gasteiger partial charge in [0.05, 0.1) is 0 Å². The second-order valence-electron chi connectivity index (χ2n) is 8.06. The zero-order valence-corrected chi connectivity index (χ0v) is 21.3. The smallest absolute Gasteiger partial charge is 0.227 e. The van der Waals surface area contributed by atoms with Crippen molar-refractivity contribution >= 4 is 70.7 Å². The van der Waals surface area contributed by atoms with Crippen LogP contribution in [0.15, 0.2) is 91.4 Å². The van der Waals surface area contributed by atoms with Gasteiger partial charge < -0.3 is 8.83 Å². The van der Waals surface area contributed by atoms with Gasteiger partial charge in [0.15, 0.2) is 11.2 Å². The Morgan fingerprint density at radius 1 is 0.629 bits per heavy atom. The number of aromatic nitrogens is 2. The highest BCUT2D eigenvalue weighted by atomic mass is 35.5. The lowest BCUT2D eigenvalue weighted by Crippen LogP contribution is -1.96. The molecule has 0 atom stereocenters. The van der Waals surface area contributed by atoms with Gasteiger partial charge in [-0.3, -0.25) is 0 Å². The zero-order chi connectivity index (χ0) is 24.1. The molecule has 35 heavy (non-hydrogen) atoms. The minimum absolute atomic E-state index is 0.455. The van der Waals surface area contributed by atoms with Crippen LogP contribution in [0.25, 0.3) is 45.1 Å². The molecule has 0 bridgehead atoms. The fourth-order valence-corrected chi connectivity index (χ4v) is 5.39. The van der Waals surface area contributed by atoms with Gasteiger partial charge >= 0.3 is 0 Å². The number of rotatable bonds is 4. The van der Waals surface area contributed by atoms with E-state index in [9.17, 15) is 0 Å². The number of hydrogen-bond donors (Lipinski definition) is 2. The van der Waals surface area contributed by atoms with E-state index >= 15 is 0 Å². The predicted molar refractivity (Wildman–Crippen MR) is 146 cm³/mol. The highest BCUT2D eigenvalue weighted by Gasteiger charge is 2.18. The van der Waals surface area contributed by atoms with Crippen molar-refractivity contribution < 1.29 is 8.83 Å². The zero-order valence-electron chi connectivity index (χ0n) is 18.0. The molecule has 0 unspecified atom stereocenters. The Morgan fingerprint density at radius 2 is 1.06 bits per heavy atom. The number of nitrogens with zero attached hydrogens (tertiary/aromatic N) is 2. The van der Waals surface area contributed by atoms with E-state index in [1.807, 2.05) is 72.8 Å². The minimum atomic E-state index is 0.455. The molecule has 6 rings (SSSR count). The average Bonchev–Trinajstić information content (AvgIpc) is 3.47. The third-order valence-electron chi connectivity index (χ3n) is 5.78. The largest absolute Gasteiger partial charge is 0.436 e. The van der Waals surface area contributed by atoms with Crippen molar-refractivity contribution in [2.24, 2.45) is 0 Å². The summed E-state index contributed by atoms with van der Waals surface area (Å²) >= 11 is 22.8. The first-order valence-electron chi connectivity index (χ1n) is 10.7. The third kappa shape index (κ3) is 4.21. The van der Waals surface area contributed by atoms with E-state index in [4.69, 9.17) is 57.3 Å². The van der Waals surface area contributed by atoms with E-state index in [1.165, 1.54) is 0 Å². The summed E-state index contributed by atoms with van der Waals surface area (Å²) in [6, 6.07) is 22.7. The van der Waals surface area contributed by atoms with Crippen LogP contribution >= 0.6 is 48.5 Å². The molecule has 172 valence electrons. The molecule has 0 N–H and O–H groups in total. The highest BCUT2D eigenvalue weighted by Crippen LogP contribution is 2.37. The van der Waals surface area contributed by atoms with Gasteiger partial charge in [-0.05, 0) is 59.7 Å². The van der Waals surface area contributed by atoms with Crippen LogP contribution in [-0.4, -0.2) is 9.97 Å². The van der Waals surface area contributed by atoms with Crippen LogP contribution in [0.5, 0.6) is 0 Å². The molecule has 0 aliphatic rings. The summed E-state index contributed by atoms with van der Waals surface area (Å²) < 4.78 is 11.8. The molecule has 8 heteroatoms. The minimum Gasteiger partial charge on any atom is -0.436 e. The van der Waals surface area contributed by atoms with Gasteiger partial charge in [0.25, 0.3) is 0 Å². The van der Waals surface area contributed by atoms with Crippen molar-refractivity contribution in [1.29, 1.82) is 0 Å². The van der Waals surface area contributed by atoms with Crippen LogP contribution in [-0.2, 0) is 6.42 Å². The maximum Gasteiger partial charge on any atom is 0.227 e. The van der Waals surface area contributed by atoms with Gasteiger partial charge in [-0.25, -0.2) is 9.97 Å². The van der Waals surface area contributed by atoms with Crippen molar-refractivity contribution in [1.82, 2.24) is 9.97 Å². The van der Waals surface area contributed by atoms with Gasteiger partial charge in [-0.2, -0.15) is 0 Å². The molecule has 0 aliphatic carbocycles. The van der Waals surface area contributed by atoms with E-state index in [0.29, 0.717) is 49.2 Å². The molecule has 0 aliphatic heterocycles. The molecule has 6 aromatic rings. The Labute approximate surface area is 221 Å². The summed E-state index contributed by atoms with van der Waals surface area (Å²) in [4.78, 5) is 10.5. The van der Waals surface area contributed by atoms with Gasteiger partial charge in [0.1, 0.15) is 11.0 Å². The molecule has 4 nitrogen and oxygen atoms in total. The van der Waals surface area contributed by atoms with Crippen molar-refractivity contribution in [3.63, 3.8) is 0 Å². The summed E-state index contributed by atoms with van der Waals surface area (Å²) in [6.45, 7) is 0. The molecule has 0 radical (unpaired) electrons. The van der Waals surface area contributed by atoms with Crippen LogP contribution in [0.1, 0.15) is 11.1 Å². The van der Waals surface area contributed by atoms with E-state index in [0.717, 1.165) is 33.3 Å². The van der Waals surface area contributed by atoms with Crippen LogP contribution in [0.4, 0.5) is 0 Å². The average molecular weight is 535 g/mol. The van der Waals surface area contributed by atoms with Gasteiger partial charge in [0.2, 0.25) is 11.8 Å². The molecular weight excluding hydrogens is 519 g/mol. The maximum atomic E-state index is 6.70. The second kappa shape index (κ2) is 8.95. The first-order valence-corrected chi connectivity index (χ1v) is 12.4. The summed E-state index contributed by atoms with van der Waals surface area (Å²) in [6.07, 6.45) is 0.455. The Bertz CT molecular complexity index is 1500. The van der Waals surface area contributed by atoms with Gasteiger partial charge in [-0.15, -0.1) is 25.3 Å². The Kier molecular flexibility index (Phi) is 5.77. The molecule has 0 amide bonds. The number of thiol groups is 2. The second-order valence-corrected chi connectivity index (χ2v) is 9.84. The van der Waals surface area contributed by atoms with Crippen molar-refractivity contribution in [3.05, 3.63) is 94.0 Å². The topological polar surface area (TPSA) is 52.1 Å². The first-order chi connectivity index (χ1) is 17.0. The summed E-state index contributed by atoms with van der Waals surface area (Å²) in [7, 11) is 0. The number of fused-ring (bicyclic) bond motifs is 2. The summed E-state index contributed by atoms with van der Waals surface area (Å²) in [5, 5.41) is 1.09. The standard InChI is InChI=1S/C27H16Cl2N2O2S2/c28-18-9-14(26-30-20-5-1-3-7-22(20)32-26)11-24(34)16(18)13-17-19(29)10-15(12-25(17)35)27-31-21-6-2-4-8-23(21)33-27/h1-12,34-35H,13H2. The van der Waals surface area contributed by atoms with Crippen molar-refractivity contribution in [2.45, 2.75) is 16.2 Å². The molecule has 4 aromatic carbocycles. The molecule has 0 fully saturated rings. The van der Waals surface area contributed by atoms with E-state index in [2.05, 4.69) is 9.97 Å². The molecule has 2 heterocycles. The van der Waals surface area contributed by atoms with Gasteiger partial charge in [0, 0.05) is 37.4 Å². The van der Waals surface area contributed by atoms with Crippen molar-refractivity contribution in [3.8, 4) is 22.9 Å². The highest BCUT2D eigenvalue weighted by molar-refractivity contribution is 7.80. The lowest BCUT2D eigenvalue weighted by Gasteiger charge is -2.13. The Balaban J connectivity index is 1.34.